The molecule has 1 amide bonds. The number of nitrogens with zero attached hydrogens (tertiary/aromatic N) is 5. The van der Waals surface area contributed by atoms with E-state index in [1.807, 2.05) is 17.9 Å². The molecule has 10 nitrogen and oxygen atoms in total. The number of nitrogens with one attached hydrogen (secondary N) is 1. The summed E-state index contributed by atoms with van der Waals surface area (Å²) in [6.07, 6.45) is 6.75. The minimum Gasteiger partial charge on any atom is -0.398 e. The third-order valence-electron chi connectivity index (χ3n) is 10.1. The van der Waals surface area contributed by atoms with Crippen molar-refractivity contribution >= 4 is 35.2 Å². The lowest BCUT2D eigenvalue weighted by Crippen LogP contribution is -2.63. The van der Waals surface area contributed by atoms with E-state index in [1.54, 1.807) is 7.11 Å². The van der Waals surface area contributed by atoms with Crippen LogP contribution in [0.4, 0.5) is 11.5 Å². The summed E-state index contributed by atoms with van der Waals surface area (Å²) in [6, 6.07) is 2.69. The molecule has 1 aromatic carbocycles. The van der Waals surface area contributed by atoms with Crippen molar-refractivity contribution in [2.45, 2.75) is 57.7 Å². The summed E-state index contributed by atoms with van der Waals surface area (Å²) < 4.78 is 13.6. The van der Waals surface area contributed by atoms with Crippen molar-refractivity contribution in [3.63, 3.8) is 0 Å². The second-order valence-electron chi connectivity index (χ2n) is 12.9. The summed E-state index contributed by atoms with van der Waals surface area (Å²) in [5.41, 5.74) is 11.4. The maximum absolute atomic E-state index is 12.1. The Morgan fingerprint density at radius 2 is 1.95 bits per heavy atom. The van der Waals surface area contributed by atoms with Crippen molar-refractivity contribution in [1.29, 1.82) is 5.41 Å². The van der Waals surface area contributed by atoms with E-state index in [1.165, 1.54) is 12.3 Å². The van der Waals surface area contributed by atoms with E-state index < -0.39 is 0 Å². The lowest BCUT2D eigenvalue weighted by atomic mass is 9.60. The number of methoxy groups -OCH3 is 1. The SMILES string of the molecule is C=CC(=O)N1CC2(CC(n3nc(N4CCN(C5CCOCC5)CC4COC)c(-c4c(Cl)c(C)cc(N)c4C=N)c3C)C2)C1. The van der Waals surface area contributed by atoms with Crippen molar-refractivity contribution in [1.82, 2.24) is 19.6 Å². The minimum absolute atomic E-state index is 0.00356. The summed E-state index contributed by atoms with van der Waals surface area (Å²) in [4.78, 5) is 18.9. The molecule has 1 saturated carbocycles. The van der Waals surface area contributed by atoms with Crippen LogP contribution < -0.4 is 10.6 Å². The number of nitrogens with two attached hydrogens (primary N) is 1. The van der Waals surface area contributed by atoms with Gasteiger partial charge in [-0.3, -0.25) is 14.4 Å². The Morgan fingerprint density at radius 1 is 1.23 bits per heavy atom. The topological polar surface area (TPSA) is 113 Å². The number of hydrogen-bond donors (Lipinski definition) is 2. The average molecular weight is 610 g/mol. The molecule has 1 spiro atoms. The summed E-state index contributed by atoms with van der Waals surface area (Å²) >= 11 is 7.06. The number of carbonyl (C=O) groups is 1. The highest BCUT2D eigenvalue weighted by Crippen LogP contribution is 2.55. The number of aromatic nitrogens is 2. The molecule has 232 valence electrons. The first kappa shape index (κ1) is 30.1. The highest BCUT2D eigenvalue weighted by Gasteiger charge is 2.54. The van der Waals surface area contributed by atoms with Crippen LogP contribution in [0.25, 0.3) is 11.1 Å². The molecule has 3 saturated heterocycles. The smallest absolute Gasteiger partial charge is 0.245 e. The molecule has 2 aromatic rings. The predicted octanol–water partition coefficient (Wildman–Crippen LogP) is 4.07. The van der Waals surface area contributed by atoms with Crippen LogP contribution in [-0.2, 0) is 14.3 Å². The average Bonchev–Trinajstić information content (AvgIpc) is 3.29. The molecular formula is C32H44ClN7O3. The Morgan fingerprint density at radius 3 is 2.60 bits per heavy atom. The summed E-state index contributed by atoms with van der Waals surface area (Å²) in [6.45, 7) is 14.1. The molecule has 1 atom stereocenters. The molecule has 4 heterocycles. The number of piperazine rings is 1. The molecule has 3 N–H and O–H groups in total. The largest absolute Gasteiger partial charge is 0.398 e. The lowest BCUT2D eigenvalue weighted by Gasteiger charge is -2.58. The van der Waals surface area contributed by atoms with Crippen molar-refractivity contribution < 1.29 is 14.3 Å². The van der Waals surface area contributed by atoms with Gasteiger partial charge in [0.2, 0.25) is 5.91 Å². The van der Waals surface area contributed by atoms with Crippen LogP contribution >= 0.6 is 11.6 Å². The van der Waals surface area contributed by atoms with Gasteiger partial charge in [-0.25, -0.2) is 0 Å². The second kappa shape index (κ2) is 11.9. The fraction of sp³-hybridized carbons (Fsp3) is 0.594. The summed E-state index contributed by atoms with van der Waals surface area (Å²) in [5.74, 6) is 0.878. The first-order chi connectivity index (χ1) is 20.7. The highest BCUT2D eigenvalue weighted by molar-refractivity contribution is 6.35. The van der Waals surface area contributed by atoms with E-state index in [0.717, 1.165) is 99.8 Å². The van der Waals surface area contributed by atoms with Crippen molar-refractivity contribution in [2.75, 3.05) is 70.3 Å². The second-order valence-corrected chi connectivity index (χ2v) is 13.2. The standard InChI is InChI=1S/C32H44ClN7O3/c1-5-27(41)38-18-32(19-38)13-23(14-32)40-21(3)28(29-25(15-34)26(35)12-20(2)30(29)33)31(36-40)39-9-8-37(16-24(39)17-42-4)22-6-10-43-11-7-22/h5,12,15,22-24,34H,1,6-11,13-14,16-19,35H2,2-4H3. The number of benzene rings is 1. The first-order valence-electron chi connectivity index (χ1n) is 15.4. The molecule has 11 heteroatoms. The molecule has 0 radical (unpaired) electrons. The molecule has 6 rings (SSSR count). The minimum atomic E-state index is 0.00356. The first-order valence-corrected chi connectivity index (χ1v) is 15.7. The van der Waals surface area contributed by atoms with E-state index in [-0.39, 0.29) is 23.4 Å². The van der Waals surface area contributed by atoms with Crippen molar-refractivity contribution in [3.8, 4) is 11.1 Å². The lowest BCUT2D eigenvalue weighted by molar-refractivity contribution is -0.149. The molecule has 43 heavy (non-hydrogen) atoms. The van der Waals surface area contributed by atoms with Gasteiger partial charge in [0.1, 0.15) is 0 Å². The zero-order valence-electron chi connectivity index (χ0n) is 25.6. The van der Waals surface area contributed by atoms with E-state index in [2.05, 4.69) is 28.0 Å². The van der Waals surface area contributed by atoms with Gasteiger partial charge in [-0.05, 0) is 57.2 Å². The quantitative estimate of drug-likeness (QED) is 0.264. The van der Waals surface area contributed by atoms with E-state index in [9.17, 15) is 4.79 Å². The van der Waals surface area contributed by atoms with Crippen molar-refractivity contribution in [3.05, 3.63) is 40.6 Å². The number of carbonyl (C=O) groups excluding carboxylic acids is 1. The molecule has 1 unspecified atom stereocenters. The number of ether oxygens (including phenoxy) is 2. The highest BCUT2D eigenvalue weighted by atomic mass is 35.5. The number of anilines is 2. The third-order valence-corrected chi connectivity index (χ3v) is 10.6. The molecular weight excluding hydrogens is 566 g/mol. The Bertz CT molecular complexity index is 1400. The maximum Gasteiger partial charge on any atom is 0.245 e. The Kier molecular flexibility index (Phi) is 8.32. The number of rotatable bonds is 8. The molecule has 4 aliphatic rings. The van der Waals surface area contributed by atoms with Gasteiger partial charge in [0.05, 0.1) is 23.7 Å². The van der Waals surface area contributed by atoms with Crippen LogP contribution in [0.5, 0.6) is 0 Å². The van der Waals surface area contributed by atoms with Crippen LogP contribution in [0.2, 0.25) is 5.02 Å². The fourth-order valence-electron chi connectivity index (χ4n) is 7.88. The summed E-state index contributed by atoms with van der Waals surface area (Å²) in [5, 5.41) is 14.2. The van der Waals surface area contributed by atoms with Gasteiger partial charge in [0.15, 0.2) is 5.82 Å². The van der Waals surface area contributed by atoms with Crippen LogP contribution in [0.15, 0.2) is 18.7 Å². The molecule has 1 aromatic heterocycles. The molecule has 4 fully saturated rings. The van der Waals surface area contributed by atoms with E-state index in [4.69, 9.17) is 37.3 Å². The zero-order chi connectivity index (χ0) is 30.5. The molecule has 0 bridgehead atoms. The van der Waals surface area contributed by atoms with Gasteiger partial charge < -0.3 is 30.4 Å². The van der Waals surface area contributed by atoms with Gasteiger partial charge in [0.25, 0.3) is 0 Å². The van der Waals surface area contributed by atoms with Crippen LogP contribution in [0, 0.1) is 24.7 Å². The number of nitrogen functional groups attached to an aromatic ring is 1. The predicted molar refractivity (Wildman–Crippen MR) is 170 cm³/mol. The Hall–Kier alpha value is -2.92. The third kappa shape index (κ3) is 5.26. The van der Waals surface area contributed by atoms with Crippen molar-refractivity contribution in [2.24, 2.45) is 5.41 Å². The number of aryl methyl sites for hydroxylation is 1. The normalized spacial score (nSPS) is 22.8. The Balaban J connectivity index is 1.38. The van der Waals surface area contributed by atoms with E-state index >= 15 is 0 Å². The van der Waals surface area contributed by atoms with Gasteiger partial charge >= 0.3 is 0 Å². The summed E-state index contributed by atoms with van der Waals surface area (Å²) in [7, 11) is 1.76. The number of amides is 1. The zero-order valence-corrected chi connectivity index (χ0v) is 26.3. The van der Waals surface area contributed by atoms with Gasteiger partial charge in [-0.15, -0.1) is 0 Å². The molecule has 3 aliphatic heterocycles. The number of hydrogen-bond acceptors (Lipinski definition) is 8. The number of likely N-dealkylation sites (tertiary alicyclic amines) is 1. The van der Waals surface area contributed by atoms with Gasteiger partial charge in [0, 0.05) is 98.8 Å². The van der Waals surface area contributed by atoms with Gasteiger partial charge in [-0.1, -0.05) is 18.2 Å². The van der Waals surface area contributed by atoms with Crippen LogP contribution in [0.3, 0.4) is 0 Å². The van der Waals surface area contributed by atoms with E-state index in [0.29, 0.717) is 28.9 Å². The van der Waals surface area contributed by atoms with Gasteiger partial charge in [-0.2, -0.15) is 5.10 Å². The van der Waals surface area contributed by atoms with Crippen LogP contribution in [0.1, 0.15) is 48.5 Å². The number of halogens is 1. The maximum atomic E-state index is 12.1. The molecule has 1 aliphatic carbocycles. The fourth-order valence-corrected chi connectivity index (χ4v) is 8.13. The Labute approximate surface area is 259 Å². The van der Waals surface area contributed by atoms with Crippen LogP contribution in [-0.4, -0.2) is 103 Å². The monoisotopic (exact) mass is 609 g/mol.